The molecule has 0 amide bonds. The van der Waals surface area contributed by atoms with Crippen LogP contribution in [0.1, 0.15) is 33.1 Å². The van der Waals surface area contributed by atoms with Gasteiger partial charge in [-0.1, -0.05) is 25.5 Å². The van der Waals surface area contributed by atoms with Gasteiger partial charge in [0.15, 0.2) is 0 Å². The molecular formula is C18H28N4. The number of hydrogen-bond donors (Lipinski definition) is 2. The van der Waals surface area contributed by atoms with Crippen LogP contribution in [0.4, 0.5) is 0 Å². The van der Waals surface area contributed by atoms with Crippen molar-refractivity contribution in [2.24, 2.45) is 4.99 Å². The van der Waals surface area contributed by atoms with Crippen LogP contribution in [-0.4, -0.2) is 38.3 Å². The molecule has 4 heteroatoms. The Balaban J connectivity index is 2.01. The van der Waals surface area contributed by atoms with E-state index in [9.17, 15) is 0 Å². The van der Waals surface area contributed by atoms with Crippen molar-refractivity contribution in [3.8, 4) is 0 Å². The molecule has 0 aromatic rings. The smallest absolute Gasteiger partial charge is 0.108 e. The second kappa shape index (κ2) is 7.87. The quantitative estimate of drug-likeness (QED) is 0.741. The first-order valence-electron chi connectivity index (χ1n) is 8.08. The molecule has 0 aliphatic carbocycles. The van der Waals surface area contributed by atoms with Crippen molar-refractivity contribution in [2.45, 2.75) is 33.1 Å². The van der Waals surface area contributed by atoms with Crippen molar-refractivity contribution in [3.63, 3.8) is 0 Å². The maximum absolute atomic E-state index is 4.64. The molecule has 2 aliphatic heterocycles. The van der Waals surface area contributed by atoms with E-state index < -0.39 is 0 Å². The zero-order valence-electron chi connectivity index (χ0n) is 14.2. The third-order valence-corrected chi connectivity index (χ3v) is 4.06. The summed E-state index contributed by atoms with van der Waals surface area (Å²) in [4.78, 5) is 7.01. The van der Waals surface area contributed by atoms with Crippen LogP contribution in [0.25, 0.3) is 0 Å². The predicted octanol–water partition coefficient (Wildman–Crippen LogP) is 2.94. The van der Waals surface area contributed by atoms with Gasteiger partial charge in [0.25, 0.3) is 0 Å². The number of dihydropyridines is 1. The summed E-state index contributed by atoms with van der Waals surface area (Å²) in [5, 5.41) is 6.38. The first-order chi connectivity index (χ1) is 10.7. The van der Waals surface area contributed by atoms with E-state index in [4.69, 9.17) is 0 Å². The molecule has 0 unspecified atom stereocenters. The van der Waals surface area contributed by atoms with E-state index in [1.807, 2.05) is 19.5 Å². The molecule has 2 heterocycles. The van der Waals surface area contributed by atoms with Crippen molar-refractivity contribution in [1.29, 1.82) is 0 Å². The van der Waals surface area contributed by atoms with Crippen LogP contribution in [0.15, 0.2) is 51.6 Å². The minimum absolute atomic E-state index is 0.769. The molecule has 2 N–H and O–H groups in total. The minimum Gasteiger partial charge on any atom is -0.374 e. The van der Waals surface area contributed by atoms with Crippen LogP contribution in [0, 0.1) is 0 Å². The van der Waals surface area contributed by atoms with E-state index in [2.05, 4.69) is 53.6 Å². The Kier molecular flexibility index (Phi) is 5.87. The number of likely N-dealkylation sites (N-methyl/N-ethyl adjacent to an activating group) is 1. The Hall–Kier alpha value is -1.97. The highest BCUT2D eigenvalue weighted by atomic mass is 15.1. The lowest BCUT2D eigenvalue weighted by Crippen LogP contribution is -2.26. The number of rotatable bonds is 6. The van der Waals surface area contributed by atoms with Gasteiger partial charge in [-0.05, 0) is 37.1 Å². The molecule has 0 aromatic carbocycles. The molecule has 0 bridgehead atoms. The number of nitrogens with zero attached hydrogens (tertiary/aromatic N) is 2. The summed E-state index contributed by atoms with van der Waals surface area (Å²) in [7, 11) is 4.11. The largest absolute Gasteiger partial charge is 0.374 e. The normalized spacial score (nSPS) is 18.9. The van der Waals surface area contributed by atoms with Crippen molar-refractivity contribution < 1.29 is 0 Å². The van der Waals surface area contributed by atoms with E-state index in [1.54, 1.807) is 0 Å². The molecule has 0 fully saturated rings. The van der Waals surface area contributed by atoms with Crippen LogP contribution in [0.5, 0.6) is 0 Å². The summed E-state index contributed by atoms with van der Waals surface area (Å²) in [6.45, 7) is 6.20. The van der Waals surface area contributed by atoms with Crippen molar-refractivity contribution >= 4 is 6.21 Å². The van der Waals surface area contributed by atoms with Crippen LogP contribution < -0.4 is 10.6 Å². The molecule has 120 valence electrons. The van der Waals surface area contributed by atoms with Crippen molar-refractivity contribution in [3.05, 3.63) is 46.6 Å². The van der Waals surface area contributed by atoms with E-state index in [-0.39, 0.29) is 0 Å². The zero-order valence-corrected chi connectivity index (χ0v) is 14.2. The van der Waals surface area contributed by atoms with Crippen LogP contribution in [0.2, 0.25) is 0 Å². The fourth-order valence-electron chi connectivity index (χ4n) is 3.00. The van der Waals surface area contributed by atoms with Gasteiger partial charge in [-0.15, -0.1) is 0 Å². The van der Waals surface area contributed by atoms with Gasteiger partial charge >= 0.3 is 0 Å². The van der Waals surface area contributed by atoms with Gasteiger partial charge in [0, 0.05) is 38.1 Å². The number of aliphatic imine (C=N–C) groups is 1. The molecule has 0 saturated heterocycles. The summed E-state index contributed by atoms with van der Waals surface area (Å²) < 4.78 is 0. The average molecular weight is 300 g/mol. The van der Waals surface area contributed by atoms with Gasteiger partial charge in [0.2, 0.25) is 0 Å². The van der Waals surface area contributed by atoms with Crippen LogP contribution in [0.3, 0.4) is 0 Å². The van der Waals surface area contributed by atoms with Gasteiger partial charge < -0.3 is 15.5 Å². The summed E-state index contributed by atoms with van der Waals surface area (Å²) in [6.07, 6.45) is 11.7. The van der Waals surface area contributed by atoms with Crippen LogP contribution in [-0.2, 0) is 0 Å². The molecular weight excluding hydrogens is 272 g/mol. The maximum atomic E-state index is 4.64. The Labute approximate surface area is 134 Å². The maximum Gasteiger partial charge on any atom is 0.108 e. The molecule has 22 heavy (non-hydrogen) atoms. The number of hydrogen-bond acceptors (Lipinski definition) is 4. The lowest BCUT2D eigenvalue weighted by atomic mass is 10.0. The molecule has 2 rings (SSSR count). The molecule has 0 saturated carbocycles. The Morgan fingerprint density at radius 3 is 2.95 bits per heavy atom. The third-order valence-electron chi connectivity index (χ3n) is 4.06. The van der Waals surface area contributed by atoms with Crippen molar-refractivity contribution in [2.75, 3.05) is 27.2 Å². The minimum atomic E-state index is 0.769. The summed E-state index contributed by atoms with van der Waals surface area (Å²) in [6, 6.07) is 0. The lowest BCUT2D eigenvalue weighted by Gasteiger charge is -2.29. The van der Waals surface area contributed by atoms with Gasteiger partial charge in [-0.2, -0.15) is 0 Å². The first-order valence-corrected chi connectivity index (χ1v) is 8.08. The van der Waals surface area contributed by atoms with E-state index >= 15 is 0 Å². The molecule has 4 nitrogen and oxygen atoms in total. The molecule has 0 aromatic heterocycles. The Bertz CT molecular complexity index is 549. The van der Waals surface area contributed by atoms with E-state index in [1.165, 1.54) is 28.8 Å². The van der Waals surface area contributed by atoms with E-state index in [0.717, 1.165) is 31.8 Å². The number of allylic oxidation sites excluding steroid dienone is 5. The highest BCUT2D eigenvalue weighted by Crippen LogP contribution is 2.23. The van der Waals surface area contributed by atoms with Crippen LogP contribution >= 0.6 is 0 Å². The first kappa shape index (κ1) is 16.4. The van der Waals surface area contributed by atoms with Crippen molar-refractivity contribution in [1.82, 2.24) is 15.5 Å². The number of nitrogens with one attached hydrogen (secondary N) is 2. The zero-order chi connectivity index (χ0) is 15.9. The Morgan fingerprint density at radius 2 is 2.27 bits per heavy atom. The standard InChI is InChI=1S/C18H28N4/c1-5-7-17-14(2)10-15(13-22(17)4)11-20-12-16-8-6-9-21-18(16)19-3/h6,9-10,12,19,21H,5,7-8,11,13H2,1-4H3. The highest BCUT2D eigenvalue weighted by Gasteiger charge is 2.14. The third kappa shape index (κ3) is 4.03. The summed E-state index contributed by atoms with van der Waals surface area (Å²) >= 11 is 0. The predicted molar refractivity (Wildman–Crippen MR) is 94.7 cm³/mol. The Morgan fingerprint density at radius 1 is 1.45 bits per heavy atom. The summed E-state index contributed by atoms with van der Waals surface area (Å²) in [5.41, 5.74) is 5.44. The molecule has 0 spiro atoms. The SMILES string of the molecule is CCCC1=C(C)C=C(CN=CC2=C(NC)NC=CC2)CN1C. The van der Waals surface area contributed by atoms with Gasteiger partial charge in [-0.3, -0.25) is 4.99 Å². The second-order valence-corrected chi connectivity index (χ2v) is 5.91. The monoisotopic (exact) mass is 300 g/mol. The molecule has 2 aliphatic rings. The average Bonchev–Trinajstić information content (AvgIpc) is 2.51. The van der Waals surface area contributed by atoms with Gasteiger partial charge in [0.05, 0.1) is 6.54 Å². The topological polar surface area (TPSA) is 39.7 Å². The fourth-order valence-corrected chi connectivity index (χ4v) is 3.00. The lowest BCUT2D eigenvalue weighted by molar-refractivity contribution is 0.418. The molecule has 0 radical (unpaired) electrons. The molecule has 0 atom stereocenters. The van der Waals surface area contributed by atoms with Gasteiger partial charge in [0.1, 0.15) is 5.82 Å². The fraction of sp³-hybridized carbons (Fsp3) is 0.500. The summed E-state index contributed by atoms with van der Waals surface area (Å²) in [5.74, 6) is 1.04. The second-order valence-electron chi connectivity index (χ2n) is 5.91. The van der Waals surface area contributed by atoms with Gasteiger partial charge in [-0.25, -0.2) is 0 Å². The van der Waals surface area contributed by atoms with E-state index in [0.29, 0.717) is 0 Å². The highest BCUT2D eigenvalue weighted by molar-refractivity contribution is 5.80.